The lowest BCUT2D eigenvalue weighted by atomic mass is 9.96. The predicted octanol–water partition coefficient (Wildman–Crippen LogP) is -0.675. The molecule has 5 atom stereocenters. The van der Waals surface area contributed by atoms with E-state index in [9.17, 15) is 29.4 Å². The van der Waals surface area contributed by atoms with Crippen LogP contribution in [0.4, 0.5) is 0 Å². The lowest BCUT2D eigenvalue weighted by Crippen LogP contribution is -2.58. The van der Waals surface area contributed by atoms with Gasteiger partial charge in [-0.1, -0.05) is 32.4 Å². The van der Waals surface area contributed by atoms with Crippen LogP contribution in [-0.4, -0.2) is 77.1 Å². The number of aliphatic imine (C=N–C) groups is 1. The number of phenolic OH excluding ortho intramolecular Hbond substituents is 1. The molecular weight excluding hydrogens is 506 g/mol. The van der Waals surface area contributed by atoms with Crippen molar-refractivity contribution in [1.29, 1.82) is 0 Å². The number of nitrogens with zero attached hydrogens (tertiary/aromatic N) is 1. The molecule has 13 nitrogen and oxygen atoms in total. The number of nitrogens with two attached hydrogens (primary N) is 2. The van der Waals surface area contributed by atoms with Crippen LogP contribution in [0.3, 0.4) is 0 Å². The molecule has 1 aliphatic rings. The van der Waals surface area contributed by atoms with Crippen LogP contribution in [0.1, 0.15) is 51.5 Å². The van der Waals surface area contributed by atoms with Crippen molar-refractivity contribution in [3.8, 4) is 5.75 Å². The van der Waals surface area contributed by atoms with Crippen molar-refractivity contribution in [1.82, 2.24) is 21.3 Å². The molecule has 1 aliphatic heterocycles. The first-order chi connectivity index (χ1) is 18.5. The van der Waals surface area contributed by atoms with Gasteiger partial charge in [0.15, 0.2) is 5.96 Å². The van der Waals surface area contributed by atoms with Gasteiger partial charge in [-0.15, -0.1) is 0 Å². The molecule has 13 heteroatoms. The molecule has 1 fully saturated rings. The Morgan fingerprint density at radius 2 is 1.77 bits per heavy atom. The van der Waals surface area contributed by atoms with Gasteiger partial charge >= 0.3 is 5.97 Å². The molecule has 1 saturated heterocycles. The maximum atomic E-state index is 13.3. The minimum atomic E-state index is -1.26. The Kier molecular flexibility index (Phi) is 12.5. The Labute approximate surface area is 228 Å². The van der Waals surface area contributed by atoms with Gasteiger partial charge in [-0.3, -0.25) is 19.4 Å². The average molecular weight is 548 g/mol. The van der Waals surface area contributed by atoms with Gasteiger partial charge in [-0.05, 0) is 55.8 Å². The summed E-state index contributed by atoms with van der Waals surface area (Å²) in [7, 11) is 0. The Morgan fingerprint density at radius 1 is 1.08 bits per heavy atom. The molecular formula is C26H41N7O6. The fraction of sp³-hybridized carbons (Fsp3) is 0.577. The maximum Gasteiger partial charge on any atom is 0.326 e. The van der Waals surface area contributed by atoms with Gasteiger partial charge in [-0.2, -0.15) is 0 Å². The summed E-state index contributed by atoms with van der Waals surface area (Å²) in [6.07, 6.45) is 2.66. The number of carbonyl (C=O) groups excluding carboxylic acids is 3. The SMILES string of the molecule is CCC(C)C(NC(=O)C(CCCN=C(N)N)NC(=O)C1CCCN1)C(=O)NC(Cc1ccc(O)cc1)C(=O)O. The smallest absolute Gasteiger partial charge is 0.326 e. The molecule has 3 amide bonds. The third kappa shape index (κ3) is 10.4. The number of rotatable bonds is 15. The first kappa shape index (κ1) is 31.3. The van der Waals surface area contributed by atoms with E-state index in [4.69, 9.17) is 11.5 Å². The number of guanidine groups is 1. The van der Waals surface area contributed by atoms with Gasteiger partial charge in [-0.25, -0.2) is 4.79 Å². The highest BCUT2D eigenvalue weighted by Gasteiger charge is 2.33. The number of aliphatic carboxylic acids is 1. The number of hydrogen-bond acceptors (Lipinski definition) is 7. The van der Waals surface area contributed by atoms with Crippen molar-refractivity contribution in [3.05, 3.63) is 29.8 Å². The van der Waals surface area contributed by atoms with Gasteiger partial charge in [0.1, 0.15) is 23.9 Å². The van der Waals surface area contributed by atoms with Crippen LogP contribution < -0.4 is 32.7 Å². The van der Waals surface area contributed by atoms with Crippen LogP contribution in [0.25, 0.3) is 0 Å². The van der Waals surface area contributed by atoms with E-state index in [1.165, 1.54) is 12.1 Å². The van der Waals surface area contributed by atoms with Crippen LogP contribution in [-0.2, 0) is 25.6 Å². The highest BCUT2D eigenvalue weighted by molar-refractivity contribution is 5.94. The zero-order valence-corrected chi connectivity index (χ0v) is 22.5. The molecule has 5 unspecified atom stereocenters. The monoisotopic (exact) mass is 547 g/mol. The van der Waals surface area contributed by atoms with Crippen molar-refractivity contribution in [2.75, 3.05) is 13.1 Å². The highest BCUT2D eigenvalue weighted by Crippen LogP contribution is 2.14. The Balaban J connectivity index is 2.14. The molecule has 1 aromatic carbocycles. The first-order valence-electron chi connectivity index (χ1n) is 13.2. The summed E-state index contributed by atoms with van der Waals surface area (Å²) in [5.74, 6) is -3.12. The molecule has 0 aliphatic carbocycles. The second kappa shape index (κ2) is 15.5. The van der Waals surface area contributed by atoms with Gasteiger partial charge in [0, 0.05) is 13.0 Å². The fourth-order valence-corrected chi connectivity index (χ4v) is 4.24. The molecule has 2 rings (SSSR count). The molecule has 216 valence electrons. The van der Waals surface area contributed by atoms with E-state index < -0.39 is 42.0 Å². The van der Waals surface area contributed by atoms with Crippen LogP contribution >= 0.6 is 0 Å². The van der Waals surface area contributed by atoms with E-state index >= 15 is 0 Å². The second-order valence-corrected chi connectivity index (χ2v) is 9.80. The largest absolute Gasteiger partial charge is 0.508 e. The van der Waals surface area contributed by atoms with Gasteiger partial charge in [0.25, 0.3) is 0 Å². The summed E-state index contributed by atoms with van der Waals surface area (Å²) in [5, 5.41) is 30.3. The molecule has 0 bridgehead atoms. The Morgan fingerprint density at radius 3 is 2.33 bits per heavy atom. The highest BCUT2D eigenvalue weighted by atomic mass is 16.4. The van der Waals surface area contributed by atoms with Crippen LogP contribution in [0.2, 0.25) is 0 Å². The summed E-state index contributed by atoms with van der Waals surface area (Å²) >= 11 is 0. The van der Waals surface area contributed by atoms with Crippen molar-refractivity contribution >= 4 is 29.7 Å². The minimum Gasteiger partial charge on any atom is -0.508 e. The molecule has 0 aromatic heterocycles. The Hall–Kier alpha value is -3.87. The van der Waals surface area contributed by atoms with E-state index in [2.05, 4.69) is 26.3 Å². The van der Waals surface area contributed by atoms with Crippen LogP contribution in [0.15, 0.2) is 29.3 Å². The van der Waals surface area contributed by atoms with Gasteiger partial charge in [0.2, 0.25) is 17.7 Å². The van der Waals surface area contributed by atoms with Crippen molar-refractivity contribution in [2.24, 2.45) is 22.4 Å². The molecule has 39 heavy (non-hydrogen) atoms. The minimum absolute atomic E-state index is 0.0135. The van der Waals surface area contributed by atoms with E-state index in [0.717, 1.165) is 6.42 Å². The third-order valence-corrected chi connectivity index (χ3v) is 6.74. The molecule has 10 N–H and O–H groups in total. The summed E-state index contributed by atoms with van der Waals surface area (Å²) in [4.78, 5) is 55.2. The standard InChI is InChI=1S/C26H41N7O6/c1-3-15(2)21(24(37)32-20(25(38)39)14-16-8-10-17(34)11-9-16)33-23(36)19(7-5-13-30-26(27)28)31-22(35)18-6-4-12-29-18/h8-11,15,18-21,29,34H,3-7,12-14H2,1-2H3,(H,31,35)(H,32,37)(H,33,36)(H,38,39)(H4,27,28,30). The summed E-state index contributed by atoms with van der Waals surface area (Å²) in [6.45, 7) is 4.60. The van der Waals surface area contributed by atoms with E-state index in [-0.39, 0.29) is 42.9 Å². The number of phenols is 1. The first-order valence-corrected chi connectivity index (χ1v) is 13.2. The zero-order valence-electron chi connectivity index (χ0n) is 22.5. The molecule has 0 radical (unpaired) electrons. The van der Waals surface area contributed by atoms with Crippen LogP contribution in [0.5, 0.6) is 5.75 Å². The number of carbonyl (C=O) groups is 4. The van der Waals surface area contributed by atoms with Crippen LogP contribution in [0, 0.1) is 5.92 Å². The number of hydrogen-bond donors (Lipinski definition) is 8. The van der Waals surface area contributed by atoms with E-state index in [0.29, 0.717) is 31.4 Å². The number of amides is 3. The van der Waals surface area contributed by atoms with Gasteiger partial charge < -0.3 is 42.9 Å². The average Bonchev–Trinajstić information content (AvgIpc) is 3.44. The van der Waals surface area contributed by atoms with E-state index in [1.807, 2.05) is 6.92 Å². The fourth-order valence-electron chi connectivity index (χ4n) is 4.24. The number of carboxylic acid groups (broad SMARTS) is 1. The lowest BCUT2D eigenvalue weighted by Gasteiger charge is -2.28. The quantitative estimate of drug-likeness (QED) is 0.0791. The number of nitrogens with one attached hydrogen (secondary N) is 4. The summed E-state index contributed by atoms with van der Waals surface area (Å²) < 4.78 is 0. The lowest BCUT2D eigenvalue weighted by molar-refractivity contribution is -0.142. The number of benzene rings is 1. The van der Waals surface area contributed by atoms with E-state index in [1.54, 1.807) is 19.1 Å². The molecule has 0 saturated carbocycles. The summed E-state index contributed by atoms with van der Waals surface area (Å²) in [5.41, 5.74) is 11.3. The van der Waals surface area contributed by atoms with Crippen molar-refractivity contribution in [2.45, 2.75) is 76.5 Å². The second-order valence-electron chi connectivity index (χ2n) is 9.80. The normalized spacial score (nSPS) is 17.7. The van der Waals surface area contributed by atoms with Crippen molar-refractivity contribution < 1.29 is 29.4 Å². The summed E-state index contributed by atoms with van der Waals surface area (Å²) in [6, 6.07) is 2.37. The molecule has 1 aromatic rings. The number of carboxylic acids is 1. The third-order valence-electron chi connectivity index (χ3n) is 6.74. The predicted molar refractivity (Wildman–Crippen MR) is 146 cm³/mol. The topological polar surface area (TPSA) is 221 Å². The van der Waals surface area contributed by atoms with Crippen molar-refractivity contribution in [3.63, 3.8) is 0 Å². The maximum absolute atomic E-state index is 13.3. The zero-order chi connectivity index (χ0) is 28.9. The molecule has 1 heterocycles. The van der Waals surface area contributed by atoms with Gasteiger partial charge in [0.05, 0.1) is 6.04 Å². The Bertz CT molecular complexity index is 1010. The number of aromatic hydroxyl groups is 1. The molecule has 0 spiro atoms.